The van der Waals surface area contributed by atoms with Crippen LogP contribution in [0.1, 0.15) is 17.7 Å². The zero-order valence-electron chi connectivity index (χ0n) is 14.8. The van der Waals surface area contributed by atoms with Gasteiger partial charge in [0.1, 0.15) is 12.3 Å². The van der Waals surface area contributed by atoms with Gasteiger partial charge in [-0.1, -0.05) is 17.3 Å². The summed E-state index contributed by atoms with van der Waals surface area (Å²) in [7, 11) is 0. The molecule has 0 aliphatic carbocycles. The maximum Gasteiger partial charge on any atom is 0.311 e. The summed E-state index contributed by atoms with van der Waals surface area (Å²) in [5, 5.41) is 3.87. The monoisotopic (exact) mass is 366 g/mol. The third-order valence-corrected chi connectivity index (χ3v) is 4.46. The molecular formula is C20H18N2O5. The summed E-state index contributed by atoms with van der Waals surface area (Å²) in [5.74, 6) is 0.0302. The van der Waals surface area contributed by atoms with E-state index in [2.05, 4.69) is 5.16 Å². The van der Waals surface area contributed by atoms with Crippen LogP contribution in [0.3, 0.4) is 0 Å². The number of anilines is 1. The number of ether oxygens (including phenoxy) is 1. The predicted molar refractivity (Wildman–Crippen MR) is 95.6 cm³/mol. The van der Waals surface area contributed by atoms with Crippen molar-refractivity contribution in [3.05, 3.63) is 60.0 Å². The van der Waals surface area contributed by atoms with E-state index in [-0.39, 0.29) is 18.9 Å². The first kappa shape index (κ1) is 17.1. The van der Waals surface area contributed by atoms with E-state index >= 15 is 0 Å². The Labute approximate surface area is 155 Å². The topological polar surface area (TPSA) is 85.8 Å². The molecule has 2 aromatic heterocycles. The molecule has 1 aliphatic heterocycles. The third-order valence-electron chi connectivity index (χ3n) is 4.46. The van der Waals surface area contributed by atoms with E-state index in [0.29, 0.717) is 23.8 Å². The number of rotatable bonds is 5. The number of carbonyl (C=O) groups excluding carboxylic acids is 2. The van der Waals surface area contributed by atoms with Gasteiger partial charge in [-0.15, -0.1) is 0 Å². The van der Waals surface area contributed by atoms with Gasteiger partial charge in [0.15, 0.2) is 5.76 Å². The lowest BCUT2D eigenvalue weighted by atomic mass is 10.1. The van der Waals surface area contributed by atoms with Crippen LogP contribution in [-0.2, 0) is 20.9 Å². The van der Waals surface area contributed by atoms with Crippen LogP contribution in [0, 0.1) is 12.8 Å². The van der Waals surface area contributed by atoms with Gasteiger partial charge in [-0.25, -0.2) is 0 Å². The number of hydrogen-bond donors (Lipinski definition) is 0. The molecule has 138 valence electrons. The Hall–Kier alpha value is -3.35. The van der Waals surface area contributed by atoms with Crippen molar-refractivity contribution in [2.45, 2.75) is 20.0 Å². The molecule has 1 aliphatic rings. The quantitative estimate of drug-likeness (QED) is 0.644. The standard InChI is InChI=1S/C20H18N2O5/c1-13-4-2-5-16(8-13)22-11-14(9-19(22)23)20(24)26-12-15-10-18(27-21-15)17-6-3-7-25-17/h2-8,10,14H,9,11-12H2,1H3. The summed E-state index contributed by atoms with van der Waals surface area (Å²) >= 11 is 0. The molecule has 1 fully saturated rings. The van der Waals surface area contributed by atoms with Crippen molar-refractivity contribution in [3.63, 3.8) is 0 Å². The lowest BCUT2D eigenvalue weighted by Gasteiger charge is -2.17. The van der Waals surface area contributed by atoms with Crippen LogP contribution in [0.25, 0.3) is 11.5 Å². The largest absolute Gasteiger partial charge is 0.461 e. The summed E-state index contributed by atoms with van der Waals surface area (Å²) in [4.78, 5) is 26.3. The van der Waals surface area contributed by atoms with Crippen molar-refractivity contribution in [2.24, 2.45) is 5.92 Å². The van der Waals surface area contributed by atoms with Gasteiger partial charge < -0.3 is 18.6 Å². The minimum atomic E-state index is -0.491. The zero-order chi connectivity index (χ0) is 18.8. The molecule has 1 unspecified atom stereocenters. The lowest BCUT2D eigenvalue weighted by Crippen LogP contribution is -2.26. The van der Waals surface area contributed by atoms with E-state index < -0.39 is 11.9 Å². The lowest BCUT2D eigenvalue weighted by molar-refractivity contribution is -0.149. The summed E-state index contributed by atoms with van der Waals surface area (Å²) in [6.07, 6.45) is 1.68. The Kier molecular flexibility index (Phi) is 4.50. The van der Waals surface area contributed by atoms with Gasteiger partial charge in [0.05, 0.1) is 12.2 Å². The second kappa shape index (κ2) is 7.11. The van der Waals surface area contributed by atoms with Gasteiger partial charge in [-0.3, -0.25) is 9.59 Å². The number of furan rings is 1. The van der Waals surface area contributed by atoms with Crippen LogP contribution < -0.4 is 4.90 Å². The first-order valence-corrected chi connectivity index (χ1v) is 8.63. The average molecular weight is 366 g/mol. The molecule has 27 heavy (non-hydrogen) atoms. The maximum atomic E-state index is 12.4. The second-order valence-corrected chi connectivity index (χ2v) is 6.51. The van der Waals surface area contributed by atoms with Gasteiger partial charge in [-0.2, -0.15) is 0 Å². The first-order valence-electron chi connectivity index (χ1n) is 8.63. The average Bonchev–Trinajstić information content (AvgIpc) is 3.40. The molecule has 0 N–H and O–H groups in total. The summed E-state index contributed by atoms with van der Waals surface area (Å²) in [6.45, 7) is 2.26. The minimum Gasteiger partial charge on any atom is -0.461 e. The minimum absolute atomic E-state index is 0.0157. The second-order valence-electron chi connectivity index (χ2n) is 6.51. The van der Waals surface area contributed by atoms with Crippen LogP contribution >= 0.6 is 0 Å². The highest BCUT2D eigenvalue weighted by Gasteiger charge is 2.36. The van der Waals surface area contributed by atoms with Crippen molar-refractivity contribution in [3.8, 4) is 11.5 Å². The molecule has 1 atom stereocenters. The fraction of sp³-hybridized carbons (Fsp3) is 0.250. The van der Waals surface area contributed by atoms with E-state index in [1.165, 1.54) is 6.26 Å². The Balaban J connectivity index is 1.36. The first-order chi connectivity index (χ1) is 13.1. The van der Waals surface area contributed by atoms with Gasteiger partial charge in [0.25, 0.3) is 0 Å². The van der Waals surface area contributed by atoms with Crippen molar-refractivity contribution in [1.29, 1.82) is 0 Å². The number of nitrogens with zero attached hydrogens (tertiary/aromatic N) is 2. The number of esters is 1. The van der Waals surface area contributed by atoms with E-state index in [0.717, 1.165) is 11.3 Å². The molecule has 0 spiro atoms. The number of aryl methyl sites for hydroxylation is 1. The highest BCUT2D eigenvalue weighted by Crippen LogP contribution is 2.27. The summed E-state index contributed by atoms with van der Waals surface area (Å²) < 4.78 is 15.7. The van der Waals surface area contributed by atoms with E-state index in [1.54, 1.807) is 23.1 Å². The van der Waals surface area contributed by atoms with Gasteiger partial charge in [0.2, 0.25) is 11.7 Å². The van der Waals surface area contributed by atoms with E-state index in [1.807, 2.05) is 31.2 Å². The molecule has 7 heteroatoms. The summed E-state index contributed by atoms with van der Waals surface area (Å²) in [5.41, 5.74) is 2.34. The maximum absolute atomic E-state index is 12.4. The number of carbonyl (C=O) groups is 2. The highest BCUT2D eigenvalue weighted by molar-refractivity contribution is 5.99. The van der Waals surface area contributed by atoms with Crippen molar-refractivity contribution in [1.82, 2.24) is 5.16 Å². The SMILES string of the molecule is Cc1cccc(N2CC(C(=O)OCc3cc(-c4ccco4)on3)CC2=O)c1. The Bertz CT molecular complexity index is 960. The van der Waals surface area contributed by atoms with Crippen LogP contribution in [0.4, 0.5) is 5.69 Å². The molecule has 0 bridgehead atoms. The fourth-order valence-corrected chi connectivity index (χ4v) is 3.09. The van der Waals surface area contributed by atoms with Crippen LogP contribution in [0.15, 0.2) is 57.7 Å². The predicted octanol–water partition coefficient (Wildman–Crippen LogP) is 3.34. The molecule has 0 saturated carbocycles. The fourth-order valence-electron chi connectivity index (χ4n) is 3.09. The molecule has 3 heterocycles. The van der Waals surface area contributed by atoms with Crippen LogP contribution in [0.5, 0.6) is 0 Å². The molecule has 0 radical (unpaired) electrons. The van der Waals surface area contributed by atoms with E-state index in [4.69, 9.17) is 13.7 Å². The number of hydrogen-bond acceptors (Lipinski definition) is 6. The smallest absolute Gasteiger partial charge is 0.311 e. The highest BCUT2D eigenvalue weighted by atomic mass is 16.5. The molecule has 7 nitrogen and oxygen atoms in total. The zero-order valence-corrected chi connectivity index (χ0v) is 14.8. The third kappa shape index (κ3) is 3.62. The van der Waals surface area contributed by atoms with Crippen LogP contribution in [-0.4, -0.2) is 23.6 Å². The number of amides is 1. The molecule has 4 rings (SSSR count). The summed E-state index contributed by atoms with van der Waals surface area (Å²) in [6, 6.07) is 12.8. The van der Waals surface area contributed by atoms with Gasteiger partial charge in [-0.05, 0) is 36.8 Å². The number of aromatic nitrogens is 1. The molecular weight excluding hydrogens is 348 g/mol. The molecule has 1 saturated heterocycles. The molecule has 1 aromatic carbocycles. The van der Waals surface area contributed by atoms with E-state index in [9.17, 15) is 9.59 Å². The molecule has 1 amide bonds. The molecule has 3 aromatic rings. The Morgan fingerprint density at radius 3 is 2.93 bits per heavy atom. The van der Waals surface area contributed by atoms with Crippen molar-refractivity contribution >= 4 is 17.6 Å². The van der Waals surface area contributed by atoms with Crippen molar-refractivity contribution < 1.29 is 23.3 Å². The van der Waals surface area contributed by atoms with Gasteiger partial charge >= 0.3 is 5.97 Å². The van der Waals surface area contributed by atoms with Crippen molar-refractivity contribution in [2.75, 3.05) is 11.4 Å². The van der Waals surface area contributed by atoms with Crippen LogP contribution in [0.2, 0.25) is 0 Å². The number of benzene rings is 1. The Morgan fingerprint density at radius 2 is 2.15 bits per heavy atom. The normalized spacial score (nSPS) is 16.7. The Morgan fingerprint density at radius 1 is 1.26 bits per heavy atom. The van der Waals surface area contributed by atoms with Gasteiger partial charge in [0, 0.05) is 24.7 Å².